The van der Waals surface area contributed by atoms with Crippen molar-refractivity contribution in [2.45, 2.75) is 23.8 Å². The molecule has 0 aliphatic heterocycles. The molecule has 1 atom stereocenters. The molecule has 0 heterocycles. The summed E-state index contributed by atoms with van der Waals surface area (Å²) in [6, 6.07) is 4.74. The first-order chi connectivity index (χ1) is 8.40. The molecule has 1 aromatic carbocycles. The van der Waals surface area contributed by atoms with Crippen molar-refractivity contribution in [1.29, 1.82) is 0 Å². The van der Waals surface area contributed by atoms with Gasteiger partial charge in [0.15, 0.2) is 0 Å². The van der Waals surface area contributed by atoms with Crippen LogP contribution in [0.5, 0.6) is 0 Å². The molecule has 1 aliphatic rings. The van der Waals surface area contributed by atoms with E-state index in [0.29, 0.717) is 12.8 Å². The number of rotatable bonds is 3. The lowest BCUT2D eigenvalue weighted by Crippen LogP contribution is -2.36. The average molecular weight is 308 g/mol. The largest absolute Gasteiger partial charge is 0.352 e. The lowest BCUT2D eigenvalue weighted by Gasteiger charge is -2.09. The first kappa shape index (κ1) is 13.6. The summed E-state index contributed by atoms with van der Waals surface area (Å²) in [5.74, 6) is -0.298. The lowest BCUT2D eigenvalue weighted by molar-refractivity contribution is -0.119. The van der Waals surface area contributed by atoms with E-state index < -0.39 is 9.05 Å². The van der Waals surface area contributed by atoms with E-state index in [1.54, 1.807) is 12.1 Å². The Labute approximate surface area is 115 Å². The molecule has 98 valence electrons. The molecular formula is C11H11Cl2NO3S. The smallest absolute Gasteiger partial charge is 0.261 e. The zero-order valence-corrected chi connectivity index (χ0v) is 11.6. The van der Waals surface area contributed by atoms with Gasteiger partial charge < -0.3 is 5.32 Å². The van der Waals surface area contributed by atoms with Crippen LogP contribution in [0.15, 0.2) is 23.1 Å². The van der Waals surface area contributed by atoms with Crippen LogP contribution in [0.1, 0.15) is 11.1 Å². The van der Waals surface area contributed by atoms with Crippen LogP contribution in [0, 0.1) is 0 Å². The van der Waals surface area contributed by atoms with Gasteiger partial charge >= 0.3 is 0 Å². The quantitative estimate of drug-likeness (QED) is 0.679. The van der Waals surface area contributed by atoms with E-state index in [1.165, 1.54) is 6.07 Å². The second kappa shape index (κ2) is 5.07. The lowest BCUT2D eigenvalue weighted by atomic mass is 10.1. The number of nitrogens with one attached hydrogen (secondary N) is 1. The first-order valence-corrected chi connectivity index (χ1v) is 8.16. The number of carbonyl (C=O) groups is 1. The molecule has 1 unspecified atom stereocenters. The van der Waals surface area contributed by atoms with Gasteiger partial charge in [0.05, 0.1) is 4.90 Å². The predicted octanol–water partition coefficient (Wildman–Crippen LogP) is 1.44. The van der Waals surface area contributed by atoms with Crippen LogP contribution in [-0.2, 0) is 26.7 Å². The van der Waals surface area contributed by atoms with Gasteiger partial charge in [0.1, 0.15) is 5.88 Å². The van der Waals surface area contributed by atoms with Gasteiger partial charge in [-0.15, -0.1) is 11.6 Å². The topological polar surface area (TPSA) is 63.2 Å². The number of fused-ring (bicyclic) bond motifs is 1. The van der Waals surface area contributed by atoms with Crippen molar-refractivity contribution in [2.75, 3.05) is 5.88 Å². The van der Waals surface area contributed by atoms with Crippen molar-refractivity contribution in [3.63, 3.8) is 0 Å². The number of alkyl halides is 1. The normalized spacial score (nSPS) is 18.4. The van der Waals surface area contributed by atoms with Gasteiger partial charge in [0.2, 0.25) is 5.91 Å². The standard InChI is InChI=1S/C11H11Cl2NO3S/c12-6-11(15)14-9-3-7-1-2-10(18(13,16)17)5-8(7)4-9/h1-2,5,9H,3-4,6H2,(H,14,15). The Balaban J connectivity index is 2.18. The molecule has 0 saturated carbocycles. The molecule has 7 heteroatoms. The molecular weight excluding hydrogens is 297 g/mol. The third-order valence-electron chi connectivity index (χ3n) is 2.88. The zero-order valence-electron chi connectivity index (χ0n) is 9.32. The van der Waals surface area contributed by atoms with Crippen LogP contribution < -0.4 is 5.32 Å². The van der Waals surface area contributed by atoms with E-state index in [9.17, 15) is 13.2 Å². The summed E-state index contributed by atoms with van der Waals surface area (Å²) in [6.07, 6.45) is 1.28. The van der Waals surface area contributed by atoms with E-state index in [0.717, 1.165) is 11.1 Å². The monoisotopic (exact) mass is 307 g/mol. The highest BCUT2D eigenvalue weighted by Crippen LogP contribution is 2.26. The number of halogens is 2. The van der Waals surface area contributed by atoms with E-state index in [-0.39, 0.29) is 22.7 Å². The van der Waals surface area contributed by atoms with Crippen LogP contribution in [0.2, 0.25) is 0 Å². The Bertz CT molecular complexity index is 586. The molecule has 0 spiro atoms. The highest BCUT2D eigenvalue weighted by atomic mass is 35.7. The Hall–Kier alpha value is -0.780. The Morgan fingerprint density at radius 1 is 1.33 bits per heavy atom. The SMILES string of the molecule is O=C(CCl)NC1Cc2ccc(S(=O)(=O)Cl)cc2C1. The summed E-state index contributed by atoms with van der Waals surface area (Å²) in [7, 11) is 1.58. The molecule has 4 nitrogen and oxygen atoms in total. The number of benzene rings is 1. The number of hydrogen-bond acceptors (Lipinski definition) is 3. The summed E-state index contributed by atoms with van der Waals surface area (Å²) in [5, 5.41) is 2.78. The minimum absolute atomic E-state index is 0.0282. The van der Waals surface area contributed by atoms with Crippen LogP contribution >= 0.6 is 22.3 Å². The Kier molecular flexibility index (Phi) is 3.84. The molecule has 2 rings (SSSR count). The van der Waals surface area contributed by atoms with Gasteiger partial charge in [-0.1, -0.05) is 6.07 Å². The van der Waals surface area contributed by atoms with Crippen LogP contribution in [0.3, 0.4) is 0 Å². The molecule has 1 N–H and O–H groups in total. The fraction of sp³-hybridized carbons (Fsp3) is 0.364. The fourth-order valence-electron chi connectivity index (χ4n) is 2.11. The van der Waals surface area contributed by atoms with E-state index in [4.69, 9.17) is 22.3 Å². The van der Waals surface area contributed by atoms with Gasteiger partial charge in [-0.3, -0.25) is 4.79 Å². The number of hydrogen-bond donors (Lipinski definition) is 1. The molecule has 0 saturated heterocycles. The molecule has 0 radical (unpaired) electrons. The van der Waals surface area contributed by atoms with Crippen molar-refractivity contribution in [3.8, 4) is 0 Å². The summed E-state index contributed by atoms with van der Waals surface area (Å²) in [4.78, 5) is 11.3. The Morgan fingerprint density at radius 3 is 2.61 bits per heavy atom. The molecule has 1 aliphatic carbocycles. The van der Waals surface area contributed by atoms with Crippen molar-refractivity contribution < 1.29 is 13.2 Å². The minimum Gasteiger partial charge on any atom is -0.352 e. The van der Waals surface area contributed by atoms with E-state index in [1.807, 2.05) is 0 Å². The predicted molar refractivity (Wildman–Crippen MR) is 69.5 cm³/mol. The summed E-state index contributed by atoms with van der Waals surface area (Å²) < 4.78 is 22.4. The first-order valence-electron chi connectivity index (χ1n) is 5.32. The second-order valence-corrected chi connectivity index (χ2v) is 7.01. The summed E-state index contributed by atoms with van der Waals surface area (Å²) >= 11 is 5.42. The van der Waals surface area contributed by atoms with Crippen molar-refractivity contribution in [3.05, 3.63) is 29.3 Å². The second-order valence-electron chi connectivity index (χ2n) is 4.17. The molecule has 0 aromatic heterocycles. The summed E-state index contributed by atoms with van der Waals surface area (Å²) in [6.45, 7) is 0. The maximum absolute atomic E-state index is 11.2. The van der Waals surface area contributed by atoms with Crippen molar-refractivity contribution in [2.24, 2.45) is 0 Å². The van der Waals surface area contributed by atoms with Crippen LogP contribution in [0.25, 0.3) is 0 Å². The van der Waals surface area contributed by atoms with Gasteiger partial charge in [-0.05, 0) is 36.1 Å². The van der Waals surface area contributed by atoms with E-state index in [2.05, 4.69) is 5.32 Å². The number of amides is 1. The van der Waals surface area contributed by atoms with Gasteiger partial charge in [0, 0.05) is 16.7 Å². The molecule has 1 aromatic rings. The Morgan fingerprint density at radius 2 is 2.00 bits per heavy atom. The molecule has 1 amide bonds. The summed E-state index contributed by atoms with van der Waals surface area (Å²) in [5.41, 5.74) is 1.93. The van der Waals surface area contributed by atoms with E-state index >= 15 is 0 Å². The van der Waals surface area contributed by atoms with Crippen LogP contribution in [-0.4, -0.2) is 26.2 Å². The maximum Gasteiger partial charge on any atom is 0.261 e. The van der Waals surface area contributed by atoms with Crippen molar-refractivity contribution in [1.82, 2.24) is 5.32 Å². The van der Waals surface area contributed by atoms with Crippen molar-refractivity contribution >= 4 is 37.2 Å². The van der Waals surface area contributed by atoms with Gasteiger partial charge in [0.25, 0.3) is 9.05 Å². The maximum atomic E-state index is 11.2. The molecule has 0 fully saturated rings. The highest BCUT2D eigenvalue weighted by Gasteiger charge is 2.24. The highest BCUT2D eigenvalue weighted by molar-refractivity contribution is 8.13. The minimum atomic E-state index is -3.71. The average Bonchev–Trinajstić information content (AvgIpc) is 2.68. The molecule has 0 bridgehead atoms. The number of carbonyl (C=O) groups excluding carboxylic acids is 1. The van der Waals surface area contributed by atoms with Crippen LogP contribution in [0.4, 0.5) is 0 Å². The fourth-order valence-corrected chi connectivity index (χ4v) is 2.99. The molecule has 18 heavy (non-hydrogen) atoms. The zero-order chi connectivity index (χ0) is 13.3. The third kappa shape index (κ3) is 2.96. The van der Waals surface area contributed by atoms with Gasteiger partial charge in [-0.2, -0.15) is 0 Å². The third-order valence-corrected chi connectivity index (χ3v) is 4.47. The van der Waals surface area contributed by atoms with Gasteiger partial charge in [-0.25, -0.2) is 8.42 Å².